The van der Waals surface area contributed by atoms with E-state index in [2.05, 4.69) is 19.5 Å². The number of hydrogen-bond donors (Lipinski definition) is 4. The van der Waals surface area contributed by atoms with Gasteiger partial charge in [0.1, 0.15) is 11.8 Å². The average molecular weight is 377 g/mol. The fraction of sp³-hybridized carbons (Fsp3) is 0.636. The van der Waals surface area contributed by atoms with Gasteiger partial charge < -0.3 is 19.6 Å². The molecule has 2 heterocycles. The van der Waals surface area contributed by atoms with Crippen LogP contribution in [0.25, 0.3) is 10.4 Å². The van der Waals surface area contributed by atoms with Crippen LogP contribution in [0.1, 0.15) is 18.2 Å². The molecular weight excluding hydrogens is 361 g/mol. The number of phosphoric ester groups is 1. The van der Waals surface area contributed by atoms with Crippen LogP contribution in [-0.4, -0.2) is 49.3 Å². The van der Waals surface area contributed by atoms with E-state index in [4.69, 9.17) is 20.1 Å². The second kappa shape index (κ2) is 7.10. The van der Waals surface area contributed by atoms with Crippen LogP contribution in [0.5, 0.6) is 0 Å². The fourth-order valence-corrected chi connectivity index (χ4v) is 2.82. The molecule has 1 saturated heterocycles. The van der Waals surface area contributed by atoms with Gasteiger partial charge in [-0.05, 0) is 12.5 Å². The maximum atomic E-state index is 11.9. The van der Waals surface area contributed by atoms with Crippen molar-refractivity contribution in [1.82, 2.24) is 9.55 Å². The van der Waals surface area contributed by atoms with Crippen LogP contribution in [0.2, 0.25) is 0 Å². The Balaban J connectivity index is 2.36. The van der Waals surface area contributed by atoms with Gasteiger partial charge in [-0.3, -0.25) is 18.9 Å². The highest BCUT2D eigenvalue weighted by molar-refractivity contribution is 7.46. The molecule has 0 amide bonds. The molecule has 0 aliphatic carbocycles. The summed E-state index contributed by atoms with van der Waals surface area (Å²) in [4.78, 5) is 45.7. The second-order valence-corrected chi connectivity index (χ2v) is 6.76. The summed E-state index contributed by atoms with van der Waals surface area (Å²) in [5, 5.41) is 13.6. The largest absolute Gasteiger partial charge is 0.469 e. The maximum absolute atomic E-state index is 11.9. The Hall–Kier alpha value is -1.98. The summed E-state index contributed by atoms with van der Waals surface area (Å²) >= 11 is 0. The number of aromatic amines is 1. The third kappa shape index (κ3) is 4.35. The number of nitrogens with one attached hydrogen (secondary N) is 1. The molecule has 0 aromatic carbocycles. The molecule has 2 rings (SSSR count). The van der Waals surface area contributed by atoms with Crippen molar-refractivity contribution in [2.45, 2.75) is 31.3 Å². The molecule has 4 N–H and O–H groups in total. The predicted molar refractivity (Wildman–Crippen MR) is 81.5 cm³/mol. The molecular formula is C11H16N5O8P. The first-order chi connectivity index (χ1) is 11.6. The zero-order valence-electron chi connectivity index (χ0n) is 13.0. The molecule has 0 bridgehead atoms. The van der Waals surface area contributed by atoms with Crippen molar-refractivity contribution in [1.29, 1.82) is 0 Å². The predicted octanol–water partition coefficient (Wildman–Crippen LogP) is -0.717. The molecule has 1 aromatic heterocycles. The molecule has 25 heavy (non-hydrogen) atoms. The minimum Gasteiger partial charge on any atom is -0.390 e. The smallest absolute Gasteiger partial charge is 0.390 e. The molecule has 138 valence electrons. The summed E-state index contributed by atoms with van der Waals surface area (Å²) in [7, 11) is -4.88. The Morgan fingerprint density at radius 3 is 2.88 bits per heavy atom. The third-order valence-corrected chi connectivity index (χ3v) is 4.20. The number of hydrogen-bond acceptors (Lipinski definition) is 7. The van der Waals surface area contributed by atoms with Gasteiger partial charge in [-0.2, -0.15) is 0 Å². The van der Waals surface area contributed by atoms with Crippen molar-refractivity contribution in [3.05, 3.63) is 43.0 Å². The number of phosphoric acid groups is 1. The molecule has 1 aromatic rings. The zero-order chi connectivity index (χ0) is 18.8. The van der Waals surface area contributed by atoms with E-state index in [0.29, 0.717) is 0 Å². The van der Waals surface area contributed by atoms with Gasteiger partial charge >= 0.3 is 13.5 Å². The molecule has 1 fully saturated rings. The van der Waals surface area contributed by atoms with Crippen LogP contribution in [0.3, 0.4) is 0 Å². The van der Waals surface area contributed by atoms with Gasteiger partial charge in [-0.1, -0.05) is 5.11 Å². The molecule has 3 atom stereocenters. The number of aliphatic hydroxyl groups is 1. The van der Waals surface area contributed by atoms with Crippen molar-refractivity contribution < 1.29 is 28.7 Å². The lowest BCUT2D eigenvalue weighted by molar-refractivity contribution is -0.120. The second-order valence-electron chi connectivity index (χ2n) is 5.52. The summed E-state index contributed by atoms with van der Waals surface area (Å²) in [6.45, 7) is 0.202. The van der Waals surface area contributed by atoms with Gasteiger partial charge in [-0.25, -0.2) is 9.36 Å². The summed E-state index contributed by atoms with van der Waals surface area (Å²) in [6.07, 6.45) is -1.34. The molecule has 0 spiro atoms. The summed E-state index contributed by atoms with van der Waals surface area (Å²) in [5.74, 6) is 0. The van der Waals surface area contributed by atoms with Crippen molar-refractivity contribution in [2.24, 2.45) is 5.11 Å². The Morgan fingerprint density at radius 1 is 1.60 bits per heavy atom. The fourth-order valence-electron chi connectivity index (χ4n) is 2.44. The summed E-state index contributed by atoms with van der Waals surface area (Å²) < 4.78 is 21.9. The average Bonchev–Trinajstić information content (AvgIpc) is 2.83. The Bertz CT molecular complexity index is 855. The maximum Gasteiger partial charge on any atom is 0.469 e. The van der Waals surface area contributed by atoms with Gasteiger partial charge in [-0.15, -0.1) is 0 Å². The summed E-state index contributed by atoms with van der Waals surface area (Å²) in [6, 6.07) is 0. The van der Waals surface area contributed by atoms with Gasteiger partial charge in [0.05, 0.1) is 19.3 Å². The van der Waals surface area contributed by atoms with E-state index >= 15 is 0 Å². The van der Waals surface area contributed by atoms with Gasteiger partial charge in [0.2, 0.25) is 0 Å². The zero-order valence-corrected chi connectivity index (χ0v) is 13.9. The number of aliphatic hydroxyl groups excluding tert-OH is 1. The van der Waals surface area contributed by atoms with Gasteiger partial charge in [0.25, 0.3) is 5.56 Å². The summed E-state index contributed by atoms with van der Waals surface area (Å²) in [5.41, 5.74) is 5.57. The van der Waals surface area contributed by atoms with Crippen molar-refractivity contribution in [3.63, 3.8) is 0 Å². The van der Waals surface area contributed by atoms with Crippen molar-refractivity contribution in [2.75, 3.05) is 13.2 Å². The van der Waals surface area contributed by atoms with E-state index in [1.54, 1.807) is 0 Å². The monoisotopic (exact) mass is 377 g/mol. The van der Waals surface area contributed by atoms with Crippen LogP contribution in [-0.2, 0) is 13.8 Å². The van der Waals surface area contributed by atoms with Crippen LogP contribution < -0.4 is 11.2 Å². The van der Waals surface area contributed by atoms with Gasteiger partial charge in [0, 0.05) is 23.1 Å². The Kier molecular flexibility index (Phi) is 5.49. The number of rotatable bonds is 6. The van der Waals surface area contributed by atoms with E-state index in [1.165, 1.54) is 13.1 Å². The lowest BCUT2D eigenvalue weighted by Gasteiger charge is -2.30. The van der Waals surface area contributed by atoms with E-state index < -0.39 is 50.2 Å². The number of azide groups is 1. The van der Waals surface area contributed by atoms with Crippen LogP contribution >= 0.6 is 7.82 Å². The van der Waals surface area contributed by atoms with E-state index in [-0.39, 0.29) is 12.0 Å². The first-order valence-electron chi connectivity index (χ1n) is 6.97. The van der Waals surface area contributed by atoms with Crippen LogP contribution in [0.15, 0.2) is 20.9 Å². The van der Waals surface area contributed by atoms with Crippen LogP contribution in [0.4, 0.5) is 0 Å². The number of aryl methyl sites for hydroxylation is 1. The number of aromatic nitrogens is 2. The minimum absolute atomic E-state index is 0.156. The van der Waals surface area contributed by atoms with E-state index in [9.17, 15) is 19.3 Å². The Morgan fingerprint density at radius 2 is 2.28 bits per heavy atom. The molecule has 1 aliphatic heterocycles. The van der Waals surface area contributed by atoms with Crippen LogP contribution in [0, 0.1) is 6.92 Å². The lowest BCUT2D eigenvalue weighted by atomic mass is 9.98. The first-order valence-corrected chi connectivity index (χ1v) is 8.50. The standard InChI is InChI=1S/C11H16N5O8P/c1-6-3-16(10(19)14-9(6)18)8-2-7(17)11(24-8,4-13-15-12)5-23-25(20,21)22/h3,7-8,17H,2,4-5H2,1H3,(H,14,18,19)(H2,20,21,22)/t7-,8+,11+/m0/s1. The molecule has 1 aliphatic rings. The molecule has 13 nitrogen and oxygen atoms in total. The normalized spacial score (nSPS) is 26.4. The minimum atomic E-state index is -4.88. The molecule has 0 unspecified atom stereocenters. The first kappa shape index (κ1) is 19.3. The molecule has 0 radical (unpaired) electrons. The van der Waals surface area contributed by atoms with E-state index in [1.807, 2.05) is 0 Å². The van der Waals surface area contributed by atoms with E-state index in [0.717, 1.165) is 4.57 Å². The number of H-pyrrole nitrogens is 1. The highest BCUT2D eigenvalue weighted by atomic mass is 31.2. The highest BCUT2D eigenvalue weighted by Crippen LogP contribution is 2.42. The SMILES string of the molecule is Cc1cn([C@H]2C[C@H](O)[C@@](CN=[N+]=[N-])(COP(=O)(O)O)O2)c(=O)[nH]c1=O. The van der Waals surface area contributed by atoms with Crippen molar-refractivity contribution in [3.8, 4) is 0 Å². The quantitative estimate of drug-likeness (QED) is 0.215. The number of nitrogens with zero attached hydrogens (tertiary/aromatic N) is 4. The highest BCUT2D eigenvalue weighted by Gasteiger charge is 2.50. The Labute approximate surface area is 139 Å². The number of ether oxygens (including phenoxy) is 1. The topological polar surface area (TPSA) is 200 Å². The lowest BCUT2D eigenvalue weighted by Crippen LogP contribution is -2.46. The van der Waals surface area contributed by atoms with Crippen molar-refractivity contribution >= 4 is 7.82 Å². The third-order valence-electron chi connectivity index (χ3n) is 3.74. The molecule has 14 heteroatoms. The van der Waals surface area contributed by atoms with Gasteiger partial charge in [0.15, 0.2) is 0 Å². The molecule has 0 saturated carbocycles.